The summed E-state index contributed by atoms with van der Waals surface area (Å²) in [7, 11) is 1.58. The minimum Gasteiger partial charge on any atom is -0.383 e. The molecular weight excluding hydrogens is 449 g/mol. The molecule has 9 heteroatoms. The third-order valence-corrected chi connectivity index (χ3v) is 7.51. The van der Waals surface area contributed by atoms with Crippen molar-refractivity contribution in [3.63, 3.8) is 0 Å². The SMILES string of the molecule is COC[C@@H](C)n1c(SCC(=O)N2CCS[C@H]2c2ccccc2F)nc2ccccc2c1=O. The number of carbonyl (C=O) groups excluding carboxylic acids is 1. The summed E-state index contributed by atoms with van der Waals surface area (Å²) in [5, 5.41) is 0.658. The van der Waals surface area contributed by atoms with E-state index >= 15 is 0 Å². The van der Waals surface area contributed by atoms with Crippen molar-refractivity contribution in [1.82, 2.24) is 14.5 Å². The van der Waals surface area contributed by atoms with Crippen LogP contribution in [0.5, 0.6) is 0 Å². The van der Waals surface area contributed by atoms with Crippen molar-refractivity contribution in [2.75, 3.05) is 31.8 Å². The first-order valence-corrected chi connectivity index (χ1v) is 12.3. The van der Waals surface area contributed by atoms with Crippen molar-refractivity contribution >= 4 is 40.3 Å². The van der Waals surface area contributed by atoms with Crippen LogP contribution in [0.4, 0.5) is 4.39 Å². The summed E-state index contributed by atoms with van der Waals surface area (Å²) in [5.41, 5.74) is 0.952. The van der Waals surface area contributed by atoms with E-state index in [4.69, 9.17) is 4.74 Å². The van der Waals surface area contributed by atoms with Crippen molar-refractivity contribution in [2.24, 2.45) is 0 Å². The highest BCUT2D eigenvalue weighted by molar-refractivity contribution is 8.00. The molecule has 168 valence electrons. The van der Waals surface area contributed by atoms with Gasteiger partial charge in [0.1, 0.15) is 11.2 Å². The van der Waals surface area contributed by atoms with Gasteiger partial charge in [0.05, 0.1) is 29.3 Å². The summed E-state index contributed by atoms with van der Waals surface area (Å²) in [4.78, 5) is 32.6. The van der Waals surface area contributed by atoms with Gasteiger partial charge in [-0.15, -0.1) is 11.8 Å². The second kappa shape index (κ2) is 10.1. The molecule has 1 aliphatic rings. The molecule has 1 amide bonds. The van der Waals surface area contributed by atoms with Gasteiger partial charge in [0, 0.05) is 25.0 Å². The molecule has 0 aliphatic carbocycles. The Morgan fingerprint density at radius 2 is 2.03 bits per heavy atom. The summed E-state index contributed by atoms with van der Waals surface area (Å²) in [5.74, 6) is 0.437. The molecule has 1 aromatic heterocycles. The van der Waals surface area contributed by atoms with E-state index in [1.54, 1.807) is 64.7 Å². The Kier molecular flexibility index (Phi) is 7.17. The Balaban J connectivity index is 1.59. The highest BCUT2D eigenvalue weighted by atomic mass is 32.2. The summed E-state index contributed by atoms with van der Waals surface area (Å²) >= 11 is 2.78. The molecule has 0 saturated carbocycles. The number of benzene rings is 2. The van der Waals surface area contributed by atoms with Crippen molar-refractivity contribution in [2.45, 2.75) is 23.5 Å². The van der Waals surface area contributed by atoms with Gasteiger partial charge in [-0.25, -0.2) is 9.37 Å². The first-order valence-electron chi connectivity index (χ1n) is 10.3. The maximum Gasteiger partial charge on any atom is 0.262 e. The van der Waals surface area contributed by atoms with Crippen LogP contribution < -0.4 is 5.56 Å². The largest absolute Gasteiger partial charge is 0.383 e. The fraction of sp³-hybridized carbons (Fsp3) is 0.348. The fourth-order valence-electron chi connectivity index (χ4n) is 3.80. The van der Waals surface area contributed by atoms with Gasteiger partial charge in [0.25, 0.3) is 5.56 Å². The van der Waals surface area contributed by atoms with Crippen LogP contribution in [-0.2, 0) is 9.53 Å². The van der Waals surface area contributed by atoms with Gasteiger partial charge in [-0.05, 0) is 25.1 Å². The van der Waals surface area contributed by atoms with Crippen LogP contribution in [0, 0.1) is 5.82 Å². The fourth-order valence-corrected chi connectivity index (χ4v) is 6.08. The number of hydrogen-bond donors (Lipinski definition) is 0. The minimum atomic E-state index is -0.344. The number of para-hydroxylation sites is 1. The van der Waals surface area contributed by atoms with Gasteiger partial charge >= 0.3 is 0 Å². The molecule has 0 spiro atoms. The Labute approximate surface area is 194 Å². The lowest BCUT2D eigenvalue weighted by molar-refractivity contribution is -0.128. The Morgan fingerprint density at radius 3 is 2.81 bits per heavy atom. The van der Waals surface area contributed by atoms with Crippen LogP contribution in [-0.4, -0.2) is 52.1 Å². The number of amides is 1. The Bertz CT molecular complexity index is 1190. The zero-order valence-electron chi connectivity index (χ0n) is 17.9. The molecule has 2 aromatic carbocycles. The van der Waals surface area contributed by atoms with Crippen LogP contribution in [0.1, 0.15) is 23.9 Å². The van der Waals surface area contributed by atoms with Gasteiger partial charge < -0.3 is 9.64 Å². The maximum atomic E-state index is 14.3. The molecule has 1 aliphatic heterocycles. The molecule has 2 atom stereocenters. The first-order chi connectivity index (χ1) is 15.5. The third-order valence-electron chi connectivity index (χ3n) is 5.33. The smallest absolute Gasteiger partial charge is 0.262 e. The van der Waals surface area contributed by atoms with E-state index in [-0.39, 0.29) is 34.5 Å². The standard InChI is InChI=1S/C23H24FN3O3S2/c1-15(13-30-2)27-21(29)17-8-4-6-10-19(17)25-23(27)32-14-20(28)26-11-12-31-22(26)16-7-3-5-9-18(16)24/h3-10,15,22H,11-14H2,1-2H3/t15-,22+/m1/s1. The van der Waals surface area contributed by atoms with Crippen LogP contribution in [0.2, 0.25) is 0 Å². The lowest BCUT2D eigenvalue weighted by Gasteiger charge is -2.25. The number of thioether (sulfide) groups is 2. The molecule has 1 fully saturated rings. The number of aromatic nitrogens is 2. The molecule has 0 bridgehead atoms. The average Bonchev–Trinajstić information content (AvgIpc) is 3.28. The lowest BCUT2D eigenvalue weighted by Crippen LogP contribution is -2.33. The Morgan fingerprint density at radius 1 is 1.28 bits per heavy atom. The van der Waals surface area contributed by atoms with E-state index in [1.165, 1.54) is 17.8 Å². The number of rotatable bonds is 7. The predicted octanol–water partition coefficient (Wildman–Crippen LogP) is 4.11. The number of ether oxygens (including phenoxy) is 1. The highest BCUT2D eigenvalue weighted by Gasteiger charge is 2.32. The van der Waals surface area contributed by atoms with Crippen LogP contribution in [0.15, 0.2) is 58.5 Å². The zero-order chi connectivity index (χ0) is 22.7. The second-order valence-electron chi connectivity index (χ2n) is 7.51. The number of hydrogen-bond acceptors (Lipinski definition) is 6. The number of halogens is 1. The van der Waals surface area contributed by atoms with Crippen LogP contribution in [0.3, 0.4) is 0 Å². The van der Waals surface area contributed by atoms with Gasteiger partial charge in [-0.3, -0.25) is 14.2 Å². The lowest BCUT2D eigenvalue weighted by atomic mass is 10.2. The van der Waals surface area contributed by atoms with E-state index in [0.717, 1.165) is 5.75 Å². The molecule has 32 heavy (non-hydrogen) atoms. The van der Waals surface area contributed by atoms with Crippen LogP contribution >= 0.6 is 23.5 Å². The normalized spacial score (nSPS) is 17.1. The summed E-state index contributed by atoms with van der Waals surface area (Å²) in [6, 6.07) is 13.5. The van der Waals surface area contributed by atoms with E-state index in [9.17, 15) is 14.0 Å². The average molecular weight is 474 g/mol. The molecular formula is C23H24FN3O3S2. The summed E-state index contributed by atoms with van der Waals surface area (Å²) < 4.78 is 21.2. The van der Waals surface area contributed by atoms with Crippen LogP contribution in [0.25, 0.3) is 10.9 Å². The number of carbonyl (C=O) groups is 1. The van der Waals surface area contributed by atoms with Gasteiger partial charge in [0.15, 0.2) is 5.16 Å². The molecule has 0 radical (unpaired) electrons. The van der Waals surface area contributed by atoms with E-state index < -0.39 is 0 Å². The predicted molar refractivity (Wildman–Crippen MR) is 127 cm³/mol. The van der Waals surface area contributed by atoms with Gasteiger partial charge in [-0.1, -0.05) is 42.1 Å². The maximum absolute atomic E-state index is 14.3. The number of fused-ring (bicyclic) bond motifs is 1. The van der Waals surface area contributed by atoms with E-state index in [2.05, 4.69) is 4.98 Å². The second-order valence-corrected chi connectivity index (χ2v) is 9.64. The van der Waals surface area contributed by atoms with E-state index in [0.29, 0.717) is 34.8 Å². The molecule has 2 heterocycles. The molecule has 6 nitrogen and oxygen atoms in total. The first kappa shape index (κ1) is 22.8. The quantitative estimate of drug-likeness (QED) is 0.380. The van der Waals surface area contributed by atoms with E-state index in [1.807, 2.05) is 13.0 Å². The molecule has 1 saturated heterocycles. The summed E-state index contributed by atoms with van der Waals surface area (Å²) in [6.07, 6.45) is 0. The van der Waals surface area contributed by atoms with Crippen molar-refractivity contribution in [3.8, 4) is 0 Å². The van der Waals surface area contributed by atoms with Crippen molar-refractivity contribution < 1.29 is 13.9 Å². The molecule has 0 N–H and O–H groups in total. The van der Waals surface area contributed by atoms with Crippen molar-refractivity contribution in [1.29, 1.82) is 0 Å². The monoisotopic (exact) mass is 473 g/mol. The number of nitrogens with zero attached hydrogens (tertiary/aromatic N) is 3. The topological polar surface area (TPSA) is 64.4 Å². The minimum absolute atomic E-state index is 0.107. The van der Waals surface area contributed by atoms with Gasteiger partial charge in [-0.2, -0.15) is 0 Å². The number of methoxy groups -OCH3 is 1. The highest BCUT2D eigenvalue weighted by Crippen LogP contribution is 2.39. The zero-order valence-corrected chi connectivity index (χ0v) is 19.5. The van der Waals surface area contributed by atoms with Crippen molar-refractivity contribution in [3.05, 3.63) is 70.3 Å². The molecule has 4 rings (SSSR count). The van der Waals surface area contributed by atoms with Gasteiger partial charge in [0.2, 0.25) is 5.91 Å². The third kappa shape index (κ3) is 4.55. The Hall–Kier alpha value is -2.36. The molecule has 3 aromatic rings. The summed E-state index contributed by atoms with van der Waals surface area (Å²) in [6.45, 7) is 2.79. The molecule has 0 unspecified atom stereocenters.